The highest BCUT2D eigenvalue weighted by atomic mass is 16.5. The molecule has 0 atom stereocenters. The van der Waals surface area contributed by atoms with E-state index < -0.39 is 0 Å². The number of carbonyl (C=O) groups is 3. The van der Waals surface area contributed by atoms with E-state index in [-0.39, 0.29) is 36.5 Å². The highest BCUT2D eigenvalue weighted by molar-refractivity contribution is 5.95. The number of Topliss-reactive ketones (excluding diaryl/α,β-unsaturated/α-hetero) is 1. The first-order valence-corrected chi connectivity index (χ1v) is 8.74. The maximum Gasteiger partial charge on any atom is 0.254 e. The van der Waals surface area contributed by atoms with E-state index in [1.54, 1.807) is 37.3 Å². The summed E-state index contributed by atoms with van der Waals surface area (Å²) in [6.45, 7) is 2.61. The molecule has 0 bridgehead atoms. The molecule has 1 aliphatic heterocycles. The second-order valence-electron chi connectivity index (χ2n) is 6.44. The fraction of sp³-hybridized carbons (Fsp3) is 0.526. The van der Waals surface area contributed by atoms with Crippen molar-refractivity contribution in [3.63, 3.8) is 0 Å². The molecule has 0 unspecified atom stereocenters. The number of ether oxygens (including phenoxy) is 2. The number of hydrogen-bond donors (Lipinski definition) is 1. The second kappa shape index (κ2) is 9.22. The van der Waals surface area contributed by atoms with Crippen LogP contribution in [-0.2, 0) is 9.59 Å². The standard InChI is InChI=1S/C19H26N2O5/c1-13(22)4-5-18(23)20-15-6-8-21(9-7-15)19(24)14-10-16(25-2)12-17(11-14)26-3/h10-12,15H,4-9H2,1-3H3,(H,20,23). The number of rotatable bonds is 7. The number of benzene rings is 1. The van der Waals surface area contributed by atoms with Crippen molar-refractivity contribution in [3.8, 4) is 11.5 Å². The van der Waals surface area contributed by atoms with Gasteiger partial charge in [0, 0.05) is 43.6 Å². The number of ketones is 1. The molecule has 142 valence electrons. The van der Waals surface area contributed by atoms with Crippen molar-refractivity contribution in [2.75, 3.05) is 27.3 Å². The molecule has 1 heterocycles. The SMILES string of the molecule is COc1cc(OC)cc(C(=O)N2CCC(NC(=O)CCC(C)=O)CC2)c1. The van der Waals surface area contributed by atoms with Gasteiger partial charge in [-0.25, -0.2) is 0 Å². The van der Waals surface area contributed by atoms with Crippen LogP contribution in [0.15, 0.2) is 18.2 Å². The number of piperidine rings is 1. The lowest BCUT2D eigenvalue weighted by atomic mass is 10.0. The molecule has 0 spiro atoms. The van der Waals surface area contributed by atoms with Gasteiger partial charge in [0.2, 0.25) is 5.91 Å². The van der Waals surface area contributed by atoms with Gasteiger partial charge < -0.3 is 24.5 Å². The summed E-state index contributed by atoms with van der Waals surface area (Å²) in [5, 5.41) is 2.94. The summed E-state index contributed by atoms with van der Waals surface area (Å²) in [5.74, 6) is 0.959. The highest BCUT2D eigenvalue weighted by Gasteiger charge is 2.25. The van der Waals surface area contributed by atoms with Gasteiger partial charge in [0.05, 0.1) is 14.2 Å². The summed E-state index contributed by atoms with van der Waals surface area (Å²) in [7, 11) is 3.09. The lowest BCUT2D eigenvalue weighted by Crippen LogP contribution is -2.46. The molecule has 1 aromatic carbocycles. The van der Waals surface area contributed by atoms with Crippen LogP contribution >= 0.6 is 0 Å². The molecule has 0 aliphatic carbocycles. The van der Waals surface area contributed by atoms with Gasteiger partial charge in [-0.3, -0.25) is 9.59 Å². The van der Waals surface area contributed by atoms with Gasteiger partial charge >= 0.3 is 0 Å². The van der Waals surface area contributed by atoms with Crippen molar-refractivity contribution < 1.29 is 23.9 Å². The van der Waals surface area contributed by atoms with Crippen LogP contribution in [0.1, 0.15) is 43.0 Å². The highest BCUT2D eigenvalue weighted by Crippen LogP contribution is 2.24. The van der Waals surface area contributed by atoms with Crippen molar-refractivity contribution in [2.45, 2.75) is 38.6 Å². The third-order valence-electron chi connectivity index (χ3n) is 4.45. The smallest absolute Gasteiger partial charge is 0.254 e. The minimum atomic E-state index is -0.109. The van der Waals surface area contributed by atoms with Crippen molar-refractivity contribution in [1.82, 2.24) is 10.2 Å². The zero-order valence-corrected chi connectivity index (χ0v) is 15.5. The van der Waals surface area contributed by atoms with Crippen molar-refractivity contribution in [3.05, 3.63) is 23.8 Å². The van der Waals surface area contributed by atoms with Gasteiger partial charge in [-0.15, -0.1) is 0 Å². The number of amides is 2. The fourth-order valence-corrected chi connectivity index (χ4v) is 2.93. The molecule has 0 aromatic heterocycles. The molecule has 0 radical (unpaired) electrons. The molecule has 1 fully saturated rings. The molecule has 1 saturated heterocycles. The van der Waals surface area contributed by atoms with Gasteiger partial charge in [-0.1, -0.05) is 0 Å². The van der Waals surface area contributed by atoms with Gasteiger partial charge in [0.25, 0.3) is 5.91 Å². The summed E-state index contributed by atoms with van der Waals surface area (Å²) in [6.07, 6.45) is 1.87. The predicted molar refractivity (Wildman–Crippen MR) is 96.5 cm³/mol. The lowest BCUT2D eigenvalue weighted by molar-refractivity contribution is -0.125. The summed E-state index contributed by atoms with van der Waals surface area (Å²) in [6, 6.07) is 5.15. The van der Waals surface area contributed by atoms with Crippen LogP contribution in [0.5, 0.6) is 11.5 Å². The molecule has 26 heavy (non-hydrogen) atoms. The third-order valence-corrected chi connectivity index (χ3v) is 4.45. The lowest BCUT2D eigenvalue weighted by Gasteiger charge is -2.32. The van der Waals surface area contributed by atoms with Crippen molar-refractivity contribution in [2.24, 2.45) is 0 Å². The summed E-state index contributed by atoms with van der Waals surface area (Å²) < 4.78 is 10.4. The molecule has 0 saturated carbocycles. The number of carbonyl (C=O) groups excluding carboxylic acids is 3. The number of hydrogen-bond acceptors (Lipinski definition) is 5. The molecule has 1 aromatic rings. The van der Waals surface area contributed by atoms with Gasteiger partial charge in [-0.05, 0) is 31.9 Å². The minimum Gasteiger partial charge on any atom is -0.497 e. The Balaban J connectivity index is 1.90. The Morgan fingerprint density at radius 3 is 2.12 bits per heavy atom. The Bertz CT molecular complexity index is 644. The van der Waals surface area contributed by atoms with E-state index in [1.807, 2.05) is 0 Å². The van der Waals surface area contributed by atoms with Crippen LogP contribution in [0.4, 0.5) is 0 Å². The fourth-order valence-electron chi connectivity index (χ4n) is 2.93. The molecule has 7 heteroatoms. The maximum atomic E-state index is 12.7. The summed E-state index contributed by atoms with van der Waals surface area (Å²) in [4.78, 5) is 37.3. The van der Waals surface area contributed by atoms with Crippen LogP contribution in [0.2, 0.25) is 0 Å². The zero-order chi connectivity index (χ0) is 19.1. The van der Waals surface area contributed by atoms with Crippen molar-refractivity contribution >= 4 is 17.6 Å². The molecule has 2 rings (SSSR count). The van der Waals surface area contributed by atoms with Gasteiger partial charge in [0.1, 0.15) is 17.3 Å². The average Bonchev–Trinajstić information content (AvgIpc) is 2.65. The number of likely N-dealkylation sites (tertiary alicyclic amines) is 1. The van der Waals surface area contributed by atoms with E-state index in [1.165, 1.54) is 6.92 Å². The maximum absolute atomic E-state index is 12.7. The van der Waals surface area contributed by atoms with Gasteiger partial charge in [0.15, 0.2) is 0 Å². The second-order valence-corrected chi connectivity index (χ2v) is 6.44. The van der Waals surface area contributed by atoms with Gasteiger partial charge in [-0.2, -0.15) is 0 Å². The number of methoxy groups -OCH3 is 2. The van der Waals surface area contributed by atoms with Crippen LogP contribution in [0.25, 0.3) is 0 Å². The van der Waals surface area contributed by atoms with E-state index >= 15 is 0 Å². The first kappa shape index (κ1) is 19.8. The first-order chi connectivity index (χ1) is 12.4. The Kier molecular flexibility index (Phi) is 7.00. The zero-order valence-electron chi connectivity index (χ0n) is 15.5. The molecular weight excluding hydrogens is 336 g/mol. The predicted octanol–water partition coefficient (Wildman–Crippen LogP) is 1.79. The molecule has 1 aliphatic rings. The van der Waals surface area contributed by atoms with E-state index in [2.05, 4.69) is 5.32 Å². The topological polar surface area (TPSA) is 84.9 Å². The van der Waals surface area contributed by atoms with Crippen LogP contribution in [0, 0.1) is 0 Å². The van der Waals surface area contributed by atoms with E-state index in [9.17, 15) is 14.4 Å². The Morgan fingerprint density at radius 2 is 1.62 bits per heavy atom. The molecule has 1 N–H and O–H groups in total. The van der Waals surface area contributed by atoms with Crippen LogP contribution in [0.3, 0.4) is 0 Å². The summed E-state index contributed by atoms with van der Waals surface area (Å²) >= 11 is 0. The van der Waals surface area contributed by atoms with Crippen LogP contribution in [-0.4, -0.2) is 55.8 Å². The molecular formula is C19H26N2O5. The largest absolute Gasteiger partial charge is 0.497 e. The Morgan fingerprint density at radius 1 is 1.04 bits per heavy atom. The summed E-state index contributed by atoms with van der Waals surface area (Å²) in [5.41, 5.74) is 0.519. The number of nitrogens with zero attached hydrogens (tertiary/aromatic N) is 1. The van der Waals surface area contributed by atoms with Crippen LogP contribution < -0.4 is 14.8 Å². The molecule has 2 amide bonds. The van der Waals surface area contributed by atoms with Crippen molar-refractivity contribution in [1.29, 1.82) is 0 Å². The average molecular weight is 362 g/mol. The Hall–Kier alpha value is -2.57. The monoisotopic (exact) mass is 362 g/mol. The quantitative estimate of drug-likeness (QED) is 0.799. The van der Waals surface area contributed by atoms with E-state index in [0.717, 1.165) is 0 Å². The third kappa shape index (κ3) is 5.47. The normalized spacial score (nSPS) is 14.7. The minimum absolute atomic E-state index is 0.00860. The first-order valence-electron chi connectivity index (χ1n) is 8.74. The van der Waals surface area contributed by atoms with E-state index in [0.29, 0.717) is 43.0 Å². The number of nitrogens with one attached hydrogen (secondary N) is 1. The van der Waals surface area contributed by atoms with E-state index in [4.69, 9.17) is 9.47 Å². The Labute approximate surface area is 153 Å². The molecule has 7 nitrogen and oxygen atoms in total.